The first-order valence-electron chi connectivity index (χ1n) is 18.8. The molecule has 0 spiro atoms. The molecule has 2 aromatic rings. The van der Waals surface area contributed by atoms with Gasteiger partial charge in [-0.3, -0.25) is 14.4 Å². The molecule has 3 heterocycles. The summed E-state index contributed by atoms with van der Waals surface area (Å²) in [6.07, 6.45) is 0.634. The number of methoxy groups -OCH3 is 1. The number of amides is 4. The predicted molar refractivity (Wildman–Crippen MR) is 190 cm³/mol. The molecule has 8 atom stereocenters. The maximum Gasteiger partial charge on any atom is 0.408 e. The SMILES string of the molecule is CC[C@@H]1[C@@H]2CN(C(=O)[C@H](C(C)(C)C)NC(=O)O[C@@H]3C[C@H]3CCCCC(F)(F)c3nc4ccc(OC)cc4nc3O2)[C@@H]1C(=O)NC1(C(=O)NC)C[C@H]1CC. The van der Waals surface area contributed by atoms with Gasteiger partial charge in [0.05, 0.1) is 24.7 Å². The van der Waals surface area contributed by atoms with Crippen molar-refractivity contribution >= 4 is 34.8 Å². The second-order valence-corrected chi connectivity index (χ2v) is 16.1. The number of fused-ring (bicyclic) bond motifs is 5. The minimum atomic E-state index is -3.42. The van der Waals surface area contributed by atoms with Crippen molar-refractivity contribution in [3.8, 4) is 11.6 Å². The highest BCUT2D eigenvalue weighted by Crippen LogP contribution is 2.47. The molecule has 3 fully saturated rings. The van der Waals surface area contributed by atoms with Crippen LogP contribution in [0.2, 0.25) is 0 Å². The van der Waals surface area contributed by atoms with Gasteiger partial charge < -0.3 is 35.1 Å². The van der Waals surface area contributed by atoms with Gasteiger partial charge in [-0.15, -0.1) is 0 Å². The second kappa shape index (κ2) is 14.5. The van der Waals surface area contributed by atoms with E-state index in [1.165, 1.54) is 19.1 Å². The first-order chi connectivity index (χ1) is 25.1. The molecule has 2 saturated carbocycles. The van der Waals surface area contributed by atoms with Gasteiger partial charge in [-0.25, -0.2) is 14.8 Å². The average molecular weight is 743 g/mol. The molecule has 2 bridgehead atoms. The number of rotatable bonds is 6. The third kappa shape index (κ3) is 7.57. The van der Waals surface area contributed by atoms with Gasteiger partial charge in [0.25, 0.3) is 5.92 Å². The third-order valence-electron chi connectivity index (χ3n) is 11.5. The predicted octanol–water partition coefficient (Wildman–Crippen LogP) is 4.85. The Hall–Kier alpha value is -4.30. The summed E-state index contributed by atoms with van der Waals surface area (Å²) >= 11 is 0. The van der Waals surface area contributed by atoms with Crippen molar-refractivity contribution in [2.24, 2.45) is 23.2 Å². The number of halogens is 2. The molecule has 53 heavy (non-hydrogen) atoms. The van der Waals surface area contributed by atoms with Gasteiger partial charge in [0, 0.05) is 25.5 Å². The van der Waals surface area contributed by atoms with E-state index >= 15 is 8.78 Å². The molecule has 1 aromatic heterocycles. The number of alkyl carbamates (subject to hydrolysis) is 1. The number of nitrogens with zero attached hydrogens (tertiary/aromatic N) is 3. The smallest absolute Gasteiger partial charge is 0.408 e. The van der Waals surface area contributed by atoms with E-state index in [1.807, 2.05) is 13.8 Å². The Labute approximate surface area is 308 Å². The molecule has 1 aromatic carbocycles. The number of aromatic nitrogens is 2. The Morgan fingerprint density at radius 2 is 1.83 bits per heavy atom. The van der Waals surface area contributed by atoms with Crippen LogP contribution >= 0.6 is 0 Å². The van der Waals surface area contributed by atoms with E-state index in [0.29, 0.717) is 44.3 Å². The Bertz CT molecular complexity index is 1750. The van der Waals surface area contributed by atoms with Crippen molar-refractivity contribution in [1.82, 2.24) is 30.8 Å². The van der Waals surface area contributed by atoms with Crippen molar-refractivity contribution in [3.05, 3.63) is 23.9 Å². The molecule has 1 unspecified atom stereocenters. The highest BCUT2D eigenvalue weighted by molar-refractivity contribution is 5.98. The van der Waals surface area contributed by atoms with E-state index in [0.717, 1.165) is 0 Å². The lowest BCUT2D eigenvalue weighted by Crippen LogP contribution is -2.60. The summed E-state index contributed by atoms with van der Waals surface area (Å²) in [5.41, 5.74) is -2.09. The monoisotopic (exact) mass is 742 g/mol. The molecule has 3 N–H and O–H groups in total. The van der Waals surface area contributed by atoms with Gasteiger partial charge >= 0.3 is 6.09 Å². The Morgan fingerprint density at radius 1 is 1.08 bits per heavy atom. The van der Waals surface area contributed by atoms with Crippen LogP contribution in [0.4, 0.5) is 13.6 Å². The molecule has 290 valence electrons. The van der Waals surface area contributed by atoms with Crippen LogP contribution in [0, 0.1) is 23.2 Å². The summed E-state index contributed by atoms with van der Waals surface area (Å²) in [6, 6.07) is 2.46. The Kier molecular flexibility index (Phi) is 10.5. The van der Waals surface area contributed by atoms with Crippen molar-refractivity contribution in [3.63, 3.8) is 0 Å². The van der Waals surface area contributed by atoms with Gasteiger partial charge in [0.15, 0.2) is 5.69 Å². The molecular weight excluding hydrogens is 690 g/mol. The lowest BCUT2D eigenvalue weighted by atomic mass is 9.85. The van der Waals surface area contributed by atoms with E-state index in [-0.39, 0.29) is 53.7 Å². The number of benzene rings is 1. The van der Waals surface area contributed by atoms with Crippen LogP contribution in [0.1, 0.15) is 91.7 Å². The van der Waals surface area contributed by atoms with E-state index in [2.05, 4.69) is 25.9 Å². The van der Waals surface area contributed by atoms with Crippen molar-refractivity contribution in [2.75, 3.05) is 20.7 Å². The van der Waals surface area contributed by atoms with Gasteiger partial charge in [-0.05, 0) is 61.5 Å². The average Bonchev–Trinajstić information content (AvgIpc) is 4.00. The molecule has 6 rings (SSSR count). The zero-order valence-corrected chi connectivity index (χ0v) is 31.6. The van der Waals surface area contributed by atoms with Crippen LogP contribution in [0.3, 0.4) is 0 Å². The van der Waals surface area contributed by atoms with E-state index in [4.69, 9.17) is 14.2 Å². The fourth-order valence-corrected chi connectivity index (χ4v) is 8.13. The number of carbonyl (C=O) groups excluding carboxylic acids is 4. The largest absolute Gasteiger partial charge is 0.497 e. The maximum atomic E-state index is 16.3. The molecule has 4 aliphatic rings. The first-order valence-corrected chi connectivity index (χ1v) is 18.8. The summed E-state index contributed by atoms with van der Waals surface area (Å²) in [4.78, 5) is 65.9. The molecule has 2 aliphatic heterocycles. The van der Waals surface area contributed by atoms with Crippen molar-refractivity contribution in [1.29, 1.82) is 0 Å². The molecular formula is C38H52F2N6O7. The number of nitrogens with one attached hydrogen (secondary N) is 3. The fraction of sp³-hybridized carbons (Fsp3) is 0.684. The van der Waals surface area contributed by atoms with Crippen LogP contribution < -0.4 is 25.4 Å². The zero-order chi connectivity index (χ0) is 38.5. The van der Waals surface area contributed by atoms with E-state index in [1.54, 1.807) is 39.0 Å². The molecule has 4 amide bonds. The number of hydrogen-bond donors (Lipinski definition) is 3. The summed E-state index contributed by atoms with van der Waals surface area (Å²) in [5, 5.41) is 8.41. The van der Waals surface area contributed by atoms with Crippen LogP contribution in [0.15, 0.2) is 18.2 Å². The first kappa shape index (κ1) is 38.4. The maximum absolute atomic E-state index is 16.3. The lowest BCUT2D eigenvalue weighted by molar-refractivity contribution is -0.143. The summed E-state index contributed by atoms with van der Waals surface area (Å²) in [6.45, 7) is 8.95. The molecule has 0 radical (unpaired) electrons. The van der Waals surface area contributed by atoms with Gasteiger partial charge in [0.1, 0.15) is 35.6 Å². The van der Waals surface area contributed by atoms with Crippen LogP contribution in [-0.4, -0.2) is 89.2 Å². The van der Waals surface area contributed by atoms with Gasteiger partial charge in [0.2, 0.25) is 23.6 Å². The number of likely N-dealkylation sites (N-methyl/N-ethyl adjacent to an activating group) is 1. The molecule has 15 heteroatoms. The standard InChI is InChI=1S/C38H52F2N6O7/c1-8-21-18-37(21,34(49)41-6)45-31(47)28-23(9-2)27-19-46(28)33(48)30(36(3,4)5)44-35(50)53-26-16-20(26)12-10-11-15-38(39,40)29-32(52-27)43-25-17-22(51-7)13-14-24(25)42-29/h13-14,17,20-21,23,26-28,30H,8-12,15-16,18-19H2,1-7H3,(H,41,49)(H,44,50)(H,45,47)/t20-,21-,23-,26-,27+,28+,30-,37?/m1/s1. The third-order valence-corrected chi connectivity index (χ3v) is 11.5. The van der Waals surface area contributed by atoms with Crippen molar-refractivity contribution in [2.45, 2.75) is 122 Å². The summed E-state index contributed by atoms with van der Waals surface area (Å²) in [5.74, 6) is -5.62. The van der Waals surface area contributed by atoms with Crippen LogP contribution in [-0.2, 0) is 25.0 Å². The van der Waals surface area contributed by atoms with E-state index < -0.39 is 71.0 Å². The highest BCUT2D eigenvalue weighted by atomic mass is 19.3. The Balaban J connectivity index is 1.45. The number of alkyl halides is 2. The number of hydrogen-bond acceptors (Lipinski definition) is 9. The minimum Gasteiger partial charge on any atom is -0.497 e. The summed E-state index contributed by atoms with van der Waals surface area (Å²) < 4.78 is 50.0. The quantitative estimate of drug-likeness (QED) is 0.376. The fourth-order valence-electron chi connectivity index (χ4n) is 8.13. The normalized spacial score (nSPS) is 31.4. The molecule has 1 saturated heterocycles. The van der Waals surface area contributed by atoms with Gasteiger partial charge in [-0.1, -0.05) is 47.5 Å². The second-order valence-electron chi connectivity index (χ2n) is 16.1. The Morgan fingerprint density at radius 3 is 2.47 bits per heavy atom. The molecule has 13 nitrogen and oxygen atoms in total. The zero-order valence-electron chi connectivity index (χ0n) is 31.6. The molecule has 2 aliphatic carbocycles. The lowest BCUT2D eigenvalue weighted by Gasteiger charge is -2.36. The highest BCUT2D eigenvalue weighted by Gasteiger charge is 2.62. The summed E-state index contributed by atoms with van der Waals surface area (Å²) in [7, 11) is 2.99. The van der Waals surface area contributed by atoms with Crippen LogP contribution in [0.25, 0.3) is 11.0 Å². The van der Waals surface area contributed by atoms with Crippen LogP contribution in [0.5, 0.6) is 11.6 Å². The van der Waals surface area contributed by atoms with Crippen molar-refractivity contribution < 1.29 is 42.2 Å². The number of ether oxygens (including phenoxy) is 3. The minimum absolute atomic E-state index is 0.0334. The van der Waals surface area contributed by atoms with Gasteiger partial charge in [-0.2, -0.15) is 8.78 Å². The number of carbonyl (C=O) groups is 4. The van der Waals surface area contributed by atoms with E-state index in [9.17, 15) is 19.2 Å². The topological polar surface area (TPSA) is 161 Å².